The Balaban J connectivity index is 1.34. The van der Waals surface area contributed by atoms with E-state index in [1.807, 2.05) is 34.2 Å². The van der Waals surface area contributed by atoms with Gasteiger partial charge < -0.3 is 10.2 Å². The Morgan fingerprint density at radius 1 is 1.15 bits per heavy atom. The van der Waals surface area contributed by atoms with E-state index in [9.17, 15) is 4.79 Å². The van der Waals surface area contributed by atoms with Crippen LogP contribution in [0.2, 0.25) is 0 Å². The van der Waals surface area contributed by atoms with Crippen LogP contribution in [0, 0.1) is 0 Å². The zero-order chi connectivity index (χ0) is 18.6. The minimum absolute atomic E-state index is 0.0847. The summed E-state index contributed by atoms with van der Waals surface area (Å²) in [5.74, 6) is 0.503. The number of amides is 2. The molecule has 7 heteroatoms. The fourth-order valence-corrected chi connectivity index (χ4v) is 4.66. The average molecular weight is 371 g/mol. The largest absolute Gasteiger partial charge is 0.333 e. The topological polar surface area (TPSA) is 68.0 Å². The summed E-state index contributed by atoms with van der Waals surface area (Å²) in [7, 11) is 0. The van der Waals surface area contributed by atoms with E-state index in [2.05, 4.69) is 33.2 Å². The molecule has 2 fully saturated rings. The van der Waals surface area contributed by atoms with E-state index in [0.29, 0.717) is 5.92 Å². The zero-order valence-corrected chi connectivity index (χ0v) is 16.1. The van der Waals surface area contributed by atoms with Crippen LogP contribution in [0.3, 0.4) is 0 Å². The molecule has 2 unspecified atom stereocenters. The number of nitrogens with zero attached hydrogens (tertiary/aromatic N) is 5. The fourth-order valence-electron chi connectivity index (χ4n) is 4.66. The molecule has 27 heavy (non-hydrogen) atoms. The van der Waals surface area contributed by atoms with Gasteiger partial charge in [0.25, 0.3) is 0 Å². The summed E-state index contributed by atoms with van der Waals surface area (Å²) in [6.07, 6.45) is 12.2. The summed E-state index contributed by atoms with van der Waals surface area (Å²) < 4.78 is 4.10. The zero-order valence-electron chi connectivity index (χ0n) is 16.1. The Morgan fingerprint density at radius 2 is 1.96 bits per heavy atom. The number of urea groups is 1. The van der Waals surface area contributed by atoms with Gasteiger partial charge in [0.15, 0.2) is 0 Å². The van der Waals surface area contributed by atoms with Crippen molar-refractivity contribution in [1.29, 1.82) is 0 Å². The number of carbonyl (C=O) groups is 1. The SMILES string of the molecule is CCn1nccc1C1CCN(C(=O)NC2CCCCC2n2cccn2)CC1. The molecule has 2 atom stereocenters. The molecule has 0 aromatic carbocycles. The van der Waals surface area contributed by atoms with Crippen molar-refractivity contribution in [3.05, 3.63) is 36.4 Å². The standard InChI is InChI=1S/C20H30N6O/c1-2-25-18(8-12-22-25)16-9-14-24(15-10-16)20(27)23-17-6-3-4-7-19(17)26-13-5-11-21-26/h5,8,11-13,16-17,19H,2-4,6-7,9-10,14-15H2,1H3,(H,23,27). The molecule has 1 saturated heterocycles. The van der Waals surface area contributed by atoms with Crippen molar-refractivity contribution in [3.8, 4) is 0 Å². The molecule has 4 rings (SSSR count). The summed E-state index contributed by atoms with van der Waals surface area (Å²) in [5.41, 5.74) is 1.31. The highest BCUT2D eigenvalue weighted by Gasteiger charge is 2.31. The van der Waals surface area contributed by atoms with Gasteiger partial charge in [-0.05, 0) is 44.7 Å². The first-order valence-electron chi connectivity index (χ1n) is 10.3. The molecule has 0 radical (unpaired) electrons. The third-order valence-corrected chi connectivity index (χ3v) is 6.15. The minimum atomic E-state index is 0.0847. The van der Waals surface area contributed by atoms with Gasteiger partial charge in [-0.25, -0.2) is 4.79 Å². The molecular weight excluding hydrogens is 340 g/mol. The number of hydrogen-bond donors (Lipinski definition) is 1. The molecule has 3 heterocycles. The third kappa shape index (κ3) is 3.87. The quantitative estimate of drug-likeness (QED) is 0.899. The van der Waals surface area contributed by atoms with Crippen molar-refractivity contribution in [1.82, 2.24) is 29.8 Å². The Hall–Kier alpha value is -2.31. The van der Waals surface area contributed by atoms with E-state index in [4.69, 9.17) is 0 Å². The highest BCUT2D eigenvalue weighted by molar-refractivity contribution is 5.74. The van der Waals surface area contributed by atoms with Gasteiger partial charge in [-0.2, -0.15) is 10.2 Å². The Labute approximate surface area is 160 Å². The molecule has 1 aliphatic carbocycles. The Kier molecular flexibility index (Phi) is 5.45. The first-order chi connectivity index (χ1) is 13.3. The molecule has 1 N–H and O–H groups in total. The summed E-state index contributed by atoms with van der Waals surface area (Å²) in [4.78, 5) is 14.8. The Morgan fingerprint density at radius 3 is 2.70 bits per heavy atom. The minimum Gasteiger partial charge on any atom is -0.333 e. The van der Waals surface area contributed by atoms with Gasteiger partial charge in [-0.15, -0.1) is 0 Å². The van der Waals surface area contributed by atoms with Crippen LogP contribution >= 0.6 is 0 Å². The van der Waals surface area contributed by atoms with Crippen molar-refractivity contribution in [3.63, 3.8) is 0 Å². The van der Waals surface area contributed by atoms with E-state index < -0.39 is 0 Å². The maximum absolute atomic E-state index is 12.9. The van der Waals surface area contributed by atoms with Crippen LogP contribution in [0.4, 0.5) is 4.79 Å². The third-order valence-electron chi connectivity index (χ3n) is 6.15. The van der Waals surface area contributed by atoms with Crippen molar-refractivity contribution in [2.24, 2.45) is 0 Å². The number of aromatic nitrogens is 4. The van der Waals surface area contributed by atoms with Gasteiger partial charge in [0.05, 0.1) is 12.1 Å². The molecule has 0 spiro atoms. The van der Waals surface area contributed by atoms with Crippen LogP contribution in [-0.4, -0.2) is 49.6 Å². The van der Waals surface area contributed by atoms with E-state index in [1.165, 1.54) is 18.5 Å². The lowest BCUT2D eigenvalue weighted by molar-refractivity contribution is 0.164. The molecule has 1 saturated carbocycles. The number of likely N-dealkylation sites (tertiary alicyclic amines) is 1. The molecule has 2 aromatic rings. The number of rotatable bonds is 4. The van der Waals surface area contributed by atoms with Crippen LogP contribution < -0.4 is 5.32 Å². The molecular formula is C20H30N6O. The number of hydrogen-bond acceptors (Lipinski definition) is 3. The maximum atomic E-state index is 12.9. The van der Waals surface area contributed by atoms with Gasteiger partial charge in [0.2, 0.25) is 0 Å². The second-order valence-electron chi connectivity index (χ2n) is 7.73. The number of carbonyl (C=O) groups excluding carboxylic acids is 1. The van der Waals surface area contributed by atoms with E-state index >= 15 is 0 Å². The lowest BCUT2D eigenvalue weighted by atomic mass is 9.90. The van der Waals surface area contributed by atoms with Crippen LogP contribution in [0.25, 0.3) is 0 Å². The fraction of sp³-hybridized carbons (Fsp3) is 0.650. The van der Waals surface area contributed by atoms with Gasteiger partial charge >= 0.3 is 6.03 Å². The van der Waals surface area contributed by atoms with Crippen molar-refractivity contribution >= 4 is 6.03 Å². The van der Waals surface area contributed by atoms with E-state index in [0.717, 1.165) is 45.3 Å². The van der Waals surface area contributed by atoms with Crippen LogP contribution in [0.5, 0.6) is 0 Å². The van der Waals surface area contributed by atoms with E-state index in [-0.39, 0.29) is 18.1 Å². The smallest absolute Gasteiger partial charge is 0.317 e. The first kappa shape index (κ1) is 18.1. The second kappa shape index (κ2) is 8.15. The summed E-state index contributed by atoms with van der Waals surface area (Å²) in [6, 6.07) is 4.61. The van der Waals surface area contributed by atoms with Gasteiger partial charge in [0, 0.05) is 49.8 Å². The second-order valence-corrected chi connectivity index (χ2v) is 7.73. The van der Waals surface area contributed by atoms with Crippen molar-refractivity contribution in [2.75, 3.05) is 13.1 Å². The van der Waals surface area contributed by atoms with Crippen LogP contribution in [0.1, 0.15) is 63.1 Å². The average Bonchev–Trinajstić information content (AvgIpc) is 3.40. The molecule has 2 aromatic heterocycles. The van der Waals surface area contributed by atoms with Gasteiger partial charge in [-0.3, -0.25) is 9.36 Å². The molecule has 0 bridgehead atoms. The highest BCUT2D eigenvalue weighted by Crippen LogP contribution is 2.30. The van der Waals surface area contributed by atoms with Crippen LogP contribution in [0.15, 0.2) is 30.7 Å². The lowest BCUT2D eigenvalue weighted by Crippen LogP contribution is -2.50. The van der Waals surface area contributed by atoms with Crippen molar-refractivity contribution < 1.29 is 4.79 Å². The number of nitrogens with one attached hydrogen (secondary N) is 1. The highest BCUT2D eigenvalue weighted by atomic mass is 16.2. The van der Waals surface area contributed by atoms with Gasteiger partial charge in [-0.1, -0.05) is 12.8 Å². The van der Waals surface area contributed by atoms with Crippen molar-refractivity contribution in [2.45, 2.75) is 70.0 Å². The molecule has 2 aliphatic rings. The predicted octanol–water partition coefficient (Wildman–Crippen LogP) is 3.17. The lowest BCUT2D eigenvalue weighted by Gasteiger charge is -2.36. The molecule has 2 amide bonds. The maximum Gasteiger partial charge on any atom is 0.317 e. The number of piperidine rings is 1. The normalized spacial score (nSPS) is 24.1. The summed E-state index contributed by atoms with van der Waals surface area (Å²) in [6.45, 7) is 4.65. The number of aryl methyl sites for hydroxylation is 1. The molecule has 146 valence electrons. The summed E-state index contributed by atoms with van der Waals surface area (Å²) in [5, 5.41) is 12.1. The first-order valence-corrected chi connectivity index (χ1v) is 10.3. The van der Waals surface area contributed by atoms with E-state index in [1.54, 1.807) is 0 Å². The van der Waals surface area contributed by atoms with Crippen LogP contribution in [-0.2, 0) is 6.54 Å². The monoisotopic (exact) mass is 370 g/mol. The molecule has 1 aliphatic heterocycles. The Bertz CT molecular complexity index is 732. The molecule has 7 nitrogen and oxygen atoms in total. The summed E-state index contributed by atoms with van der Waals surface area (Å²) >= 11 is 0. The predicted molar refractivity (Wildman–Crippen MR) is 104 cm³/mol. The van der Waals surface area contributed by atoms with Gasteiger partial charge in [0.1, 0.15) is 0 Å².